The molecule has 0 saturated carbocycles. The number of ether oxygens (including phenoxy) is 3. The van der Waals surface area contributed by atoms with Crippen LogP contribution in [0, 0.1) is 0 Å². The standard InChI is InChI=1S/C24H17ClN2O6/c1-31-14-6-7-16(25)15(11-14)22(28)20-21(17-4-2-3-9-26-17)27(24(30)23(20)29)13-5-8-18-19(10-13)33-12-32-18/h2-11,21,28H,12H2,1H3/b22-20+. The van der Waals surface area contributed by atoms with Gasteiger partial charge in [0.05, 0.1) is 23.4 Å². The summed E-state index contributed by atoms with van der Waals surface area (Å²) < 4.78 is 16.0. The van der Waals surface area contributed by atoms with Crippen LogP contribution in [0.4, 0.5) is 5.69 Å². The van der Waals surface area contributed by atoms with E-state index in [0.29, 0.717) is 28.6 Å². The summed E-state index contributed by atoms with van der Waals surface area (Å²) in [5.74, 6) is -0.681. The fraction of sp³-hybridized carbons (Fsp3) is 0.125. The number of methoxy groups -OCH3 is 1. The van der Waals surface area contributed by atoms with E-state index in [2.05, 4.69) is 4.98 Å². The topological polar surface area (TPSA) is 98.2 Å². The summed E-state index contributed by atoms with van der Waals surface area (Å²) in [5.41, 5.74) is 0.829. The molecule has 1 saturated heterocycles. The first-order valence-electron chi connectivity index (χ1n) is 9.95. The summed E-state index contributed by atoms with van der Waals surface area (Å²) in [7, 11) is 1.47. The van der Waals surface area contributed by atoms with E-state index in [1.54, 1.807) is 54.7 Å². The Morgan fingerprint density at radius 3 is 2.70 bits per heavy atom. The van der Waals surface area contributed by atoms with Gasteiger partial charge in [0, 0.05) is 23.5 Å². The smallest absolute Gasteiger partial charge is 0.300 e. The van der Waals surface area contributed by atoms with Crippen LogP contribution in [0.1, 0.15) is 17.3 Å². The number of amides is 1. The van der Waals surface area contributed by atoms with Crippen LogP contribution in [0.5, 0.6) is 17.2 Å². The lowest BCUT2D eigenvalue weighted by Crippen LogP contribution is -2.29. The fourth-order valence-electron chi connectivity index (χ4n) is 3.91. The minimum Gasteiger partial charge on any atom is -0.507 e. The third-order valence-electron chi connectivity index (χ3n) is 5.48. The molecule has 0 spiro atoms. The van der Waals surface area contributed by atoms with E-state index >= 15 is 0 Å². The number of aromatic nitrogens is 1. The third kappa shape index (κ3) is 3.44. The number of anilines is 1. The first kappa shape index (κ1) is 20.8. The number of aliphatic hydroxyl groups excluding tert-OH is 1. The number of ketones is 1. The van der Waals surface area contributed by atoms with Crippen LogP contribution in [0.3, 0.4) is 0 Å². The molecule has 1 amide bonds. The van der Waals surface area contributed by atoms with Crippen LogP contribution >= 0.6 is 11.6 Å². The number of hydrogen-bond acceptors (Lipinski definition) is 7. The SMILES string of the molecule is COc1ccc(Cl)c(/C(O)=C2\C(=O)C(=O)N(c3ccc4c(c3)OCO4)C2c2ccccn2)c1. The second-order valence-corrected chi connectivity index (χ2v) is 7.71. The molecule has 8 nitrogen and oxygen atoms in total. The monoisotopic (exact) mass is 464 g/mol. The van der Waals surface area contributed by atoms with Crippen molar-refractivity contribution in [1.29, 1.82) is 0 Å². The van der Waals surface area contributed by atoms with Gasteiger partial charge in [0.1, 0.15) is 17.6 Å². The molecule has 2 aliphatic heterocycles. The number of carbonyl (C=O) groups is 2. The Labute approximate surface area is 193 Å². The molecule has 0 radical (unpaired) electrons. The molecular weight excluding hydrogens is 448 g/mol. The van der Waals surface area contributed by atoms with Gasteiger partial charge < -0.3 is 19.3 Å². The summed E-state index contributed by atoms with van der Waals surface area (Å²) in [6.45, 7) is 0.0651. The number of aliphatic hydroxyl groups is 1. The Bertz CT molecular complexity index is 1310. The van der Waals surface area contributed by atoms with Gasteiger partial charge in [0.15, 0.2) is 11.5 Å². The van der Waals surface area contributed by atoms with Crippen molar-refractivity contribution in [3.63, 3.8) is 0 Å². The predicted octanol–water partition coefficient (Wildman–Crippen LogP) is 4.10. The molecule has 2 aromatic carbocycles. The molecule has 0 aliphatic carbocycles. The molecule has 166 valence electrons. The maximum atomic E-state index is 13.2. The fourth-order valence-corrected chi connectivity index (χ4v) is 4.12. The number of carbonyl (C=O) groups excluding carboxylic acids is 2. The van der Waals surface area contributed by atoms with Crippen molar-refractivity contribution >= 4 is 34.7 Å². The highest BCUT2D eigenvalue weighted by Crippen LogP contribution is 2.45. The van der Waals surface area contributed by atoms with Gasteiger partial charge in [-0.05, 0) is 42.5 Å². The Balaban J connectivity index is 1.72. The molecule has 3 heterocycles. The minimum absolute atomic E-state index is 0.0651. The van der Waals surface area contributed by atoms with Gasteiger partial charge in [-0.25, -0.2) is 0 Å². The largest absolute Gasteiger partial charge is 0.507 e. The number of rotatable bonds is 4. The molecule has 1 unspecified atom stereocenters. The summed E-state index contributed by atoms with van der Waals surface area (Å²) in [6.07, 6.45) is 1.55. The van der Waals surface area contributed by atoms with Crippen LogP contribution in [-0.2, 0) is 9.59 Å². The van der Waals surface area contributed by atoms with Gasteiger partial charge in [-0.2, -0.15) is 0 Å². The van der Waals surface area contributed by atoms with E-state index in [9.17, 15) is 14.7 Å². The normalized spacial score (nSPS) is 18.6. The van der Waals surface area contributed by atoms with Crippen molar-refractivity contribution < 1.29 is 28.9 Å². The van der Waals surface area contributed by atoms with Gasteiger partial charge in [0.25, 0.3) is 11.7 Å². The number of benzene rings is 2. The number of halogens is 1. The Kier molecular flexibility index (Phi) is 5.14. The summed E-state index contributed by atoms with van der Waals surface area (Å²) >= 11 is 6.32. The van der Waals surface area contributed by atoms with Crippen molar-refractivity contribution in [2.75, 3.05) is 18.8 Å². The highest BCUT2D eigenvalue weighted by atomic mass is 35.5. The lowest BCUT2D eigenvalue weighted by Gasteiger charge is -2.24. The molecule has 1 N–H and O–H groups in total. The number of pyridine rings is 1. The van der Waals surface area contributed by atoms with E-state index in [0.717, 1.165) is 0 Å². The van der Waals surface area contributed by atoms with Crippen molar-refractivity contribution in [1.82, 2.24) is 4.98 Å². The van der Waals surface area contributed by atoms with Crippen molar-refractivity contribution in [3.8, 4) is 17.2 Å². The zero-order valence-electron chi connectivity index (χ0n) is 17.3. The molecule has 3 aromatic rings. The second-order valence-electron chi connectivity index (χ2n) is 7.31. The predicted molar refractivity (Wildman–Crippen MR) is 120 cm³/mol. The van der Waals surface area contributed by atoms with E-state index in [1.807, 2.05) is 0 Å². The van der Waals surface area contributed by atoms with Gasteiger partial charge in [-0.1, -0.05) is 17.7 Å². The lowest BCUT2D eigenvalue weighted by atomic mass is 9.98. The zero-order valence-corrected chi connectivity index (χ0v) is 18.1. The number of hydrogen-bond donors (Lipinski definition) is 1. The molecule has 1 atom stereocenters. The number of fused-ring (bicyclic) bond motifs is 1. The maximum Gasteiger partial charge on any atom is 0.300 e. The molecule has 33 heavy (non-hydrogen) atoms. The van der Waals surface area contributed by atoms with Crippen LogP contribution in [0.2, 0.25) is 5.02 Å². The van der Waals surface area contributed by atoms with Crippen LogP contribution < -0.4 is 19.1 Å². The van der Waals surface area contributed by atoms with Crippen LogP contribution in [0.15, 0.2) is 66.4 Å². The summed E-state index contributed by atoms with van der Waals surface area (Å²) in [5, 5.41) is 11.4. The van der Waals surface area contributed by atoms with E-state index in [4.69, 9.17) is 25.8 Å². The maximum absolute atomic E-state index is 13.2. The Hall–Kier alpha value is -4.04. The average Bonchev–Trinajstić information content (AvgIpc) is 3.41. The first-order chi connectivity index (χ1) is 16.0. The van der Waals surface area contributed by atoms with Crippen molar-refractivity contribution in [2.24, 2.45) is 0 Å². The average molecular weight is 465 g/mol. The minimum atomic E-state index is -0.992. The lowest BCUT2D eigenvalue weighted by molar-refractivity contribution is -0.132. The van der Waals surface area contributed by atoms with Gasteiger partial charge in [-0.15, -0.1) is 0 Å². The number of nitrogens with zero attached hydrogens (tertiary/aromatic N) is 2. The molecule has 0 bridgehead atoms. The van der Waals surface area contributed by atoms with Crippen molar-refractivity contribution in [3.05, 3.63) is 82.6 Å². The quantitative estimate of drug-likeness (QED) is 0.352. The van der Waals surface area contributed by atoms with Gasteiger partial charge in [0.2, 0.25) is 6.79 Å². The molecular formula is C24H17ClN2O6. The molecule has 1 aromatic heterocycles. The zero-order chi connectivity index (χ0) is 23.1. The summed E-state index contributed by atoms with van der Waals surface area (Å²) in [4.78, 5) is 32.1. The van der Waals surface area contributed by atoms with E-state index in [-0.39, 0.29) is 23.0 Å². The van der Waals surface area contributed by atoms with Gasteiger partial charge >= 0.3 is 0 Å². The molecule has 2 aliphatic rings. The number of Topliss-reactive ketones (excluding diaryl/α,β-unsaturated/α-hetero) is 1. The van der Waals surface area contributed by atoms with Crippen molar-refractivity contribution in [2.45, 2.75) is 6.04 Å². The first-order valence-corrected chi connectivity index (χ1v) is 10.3. The van der Waals surface area contributed by atoms with Gasteiger partial charge in [-0.3, -0.25) is 19.5 Å². The third-order valence-corrected chi connectivity index (χ3v) is 5.80. The molecule has 5 rings (SSSR count). The Morgan fingerprint density at radius 2 is 1.94 bits per heavy atom. The molecule has 1 fully saturated rings. The molecule has 9 heteroatoms. The van der Waals surface area contributed by atoms with Crippen LogP contribution in [-0.4, -0.2) is 35.7 Å². The van der Waals surface area contributed by atoms with E-state index < -0.39 is 23.5 Å². The second kappa shape index (κ2) is 8.14. The highest BCUT2D eigenvalue weighted by molar-refractivity contribution is 6.52. The Morgan fingerprint density at radius 1 is 1.12 bits per heavy atom. The van der Waals surface area contributed by atoms with E-state index in [1.165, 1.54) is 18.1 Å². The van der Waals surface area contributed by atoms with Crippen LogP contribution in [0.25, 0.3) is 5.76 Å². The highest BCUT2D eigenvalue weighted by Gasteiger charge is 2.48. The summed E-state index contributed by atoms with van der Waals surface area (Å²) in [6, 6.07) is 13.7.